The highest BCUT2D eigenvalue weighted by Crippen LogP contribution is 2.41. The molecule has 0 radical (unpaired) electrons. The molecule has 0 fully saturated rings. The van der Waals surface area contributed by atoms with Gasteiger partial charge in [-0.1, -0.05) is 13.0 Å². The van der Waals surface area contributed by atoms with Crippen molar-refractivity contribution in [2.45, 2.75) is 39.7 Å². The van der Waals surface area contributed by atoms with E-state index in [0.717, 1.165) is 11.1 Å². The molecular formula is C21H22FNO3. The van der Waals surface area contributed by atoms with Gasteiger partial charge in [0.2, 0.25) is 5.91 Å². The number of rotatable bonds is 5. The lowest BCUT2D eigenvalue weighted by Crippen LogP contribution is -2.33. The zero-order valence-corrected chi connectivity index (χ0v) is 15.2. The number of hydrogen-bond donors (Lipinski definition) is 1. The molecule has 26 heavy (non-hydrogen) atoms. The van der Waals surface area contributed by atoms with Crippen molar-refractivity contribution in [3.05, 3.63) is 52.8 Å². The van der Waals surface area contributed by atoms with Gasteiger partial charge in [0.25, 0.3) is 0 Å². The summed E-state index contributed by atoms with van der Waals surface area (Å²) in [5.74, 6) is 0.0953. The Hall–Kier alpha value is -2.69. The fourth-order valence-electron chi connectivity index (χ4n) is 3.21. The van der Waals surface area contributed by atoms with Gasteiger partial charge in [0.15, 0.2) is 5.78 Å². The van der Waals surface area contributed by atoms with Crippen molar-refractivity contribution in [1.82, 2.24) is 5.32 Å². The lowest BCUT2D eigenvalue weighted by Gasteiger charge is -2.14. The molecule has 0 spiro atoms. The normalized spacial score (nSPS) is 15.3. The first kappa shape index (κ1) is 18.1. The van der Waals surface area contributed by atoms with Gasteiger partial charge >= 0.3 is 0 Å². The highest BCUT2D eigenvalue weighted by molar-refractivity contribution is 5.95. The van der Waals surface area contributed by atoms with Gasteiger partial charge in [-0.05, 0) is 49.2 Å². The summed E-state index contributed by atoms with van der Waals surface area (Å²) in [6, 6.07) is 8.26. The Kier molecular flexibility index (Phi) is 5.07. The number of benzene rings is 2. The number of Topliss-reactive ketones (excluding diaryl/α,β-unsaturated/α-hetero) is 1. The van der Waals surface area contributed by atoms with Crippen LogP contribution >= 0.6 is 0 Å². The number of carbonyl (C=O) groups is 2. The monoisotopic (exact) mass is 355 g/mol. The Morgan fingerprint density at radius 2 is 2.00 bits per heavy atom. The summed E-state index contributed by atoms with van der Waals surface area (Å²) in [5, 5.41) is 2.84. The second-order valence-corrected chi connectivity index (χ2v) is 6.65. The lowest BCUT2D eigenvalue weighted by atomic mass is 9.95. The summed E-state index contributed by atoms with van der Waals surface area (Å²) in [7, 11) is 0. The molecule has 0 bridgehead atoms. The van der Waals surface area contributed by atoms with Crippen molar-refractivity contribution in [2.75, 3.05) is 6.54 Å². The Balaban J connectivity index is 1.96. The quantitative estimate of drug-likeness (QED) is 0.829. The van der Waals surface area contributed by atoms with Crippen molar-refractivity contribution in [3.63, 3.8) is 0 Å². The largest absolute Gasteiger partial charge is 0.487 e. The highest BCUT2D eigenvalue weighted by atomic mass is 19.1. The van der Waals surface area contributed by atoms with Gasteiger partial charge in [0.1, 0.15) is 17.7 Å². The van der Waals surface area contributed by atoms with Gasteiger partial charge in [-0.2, -0.15) is 0 Å². The van der Waals surface area contributed by atoms with Crippen molar-refractivity contribution in [1.29, 1.82) is 0 Å². The second kappa shape index (κ2) is 7.28. The zero-order valence-electron chi connectivity index (χ0n) is 15.2. The molecule has 1 aliphatic rings. The minimum atomic E-state index is -0.394. The molecule has 1 N–H and O–H groups in total. The molecule has 1 atom stereocenters. The maximum Gasteiger partial charge on any atom is 0.219 e. The number of fused-ring (bicyclic) bond motifs is 1. The molecular weight excluding hydrogens is 333 g/mol. The molecule has 136 valence electrons. The first-order valence-electron chi connectivity index (χ1n) is 8.76. The summed E-state index contributed by atoms with van der Waals surface area (Å²) in [6.07, 6.45) is 0.898. The number of halogens is 1. The molecule has 0 aromatic heterocycles. The van der Waals surface area contributed by atoms with E-state index in [4.69, 9.17) is 4.74 Å². The number of amides is 1. The van der Waals surface area contributed by atoms with Crippen LogP contribution in [0.1, 0.15) is 41.8 Å². The third kappa shape index (κ3) is 3.62. The number of ketones is 1. The molecule has 5 heteroatoms. The molecule has 2 aromatic carbocycles. The number of aryl methyl sites for hydroxylation is 1. The topological polar surface area (TPSA) is 55.4 Å². The van der Waals surface area contributed by atoms with Crippen LogP contribution in [0.2, 0.25) is 0 Å². The summed E-state index contributed by atoms with van der Waals surface area (Å²) < 4.78 is 20.5. The highest BCUT2D eigenvalue weighted by Gasteiger charge is 2.27. The summed E-state index contributed by atoms with van der Waals surface area (Å²) in [4.78, 5) is 23.2. The summed E-state index contributed by atoms with van der Waals surface area (Å²) in [5.41, 5.74) is 3.44. The maximum absolute atomic E-state index is 14.5. The predicted octanol–water partition coefficient (Wildman–Crippen LogP) is 3.83. The lowest BCUT2D eigenvalue weighted by molar-refractivity contribution is -0.121. The first-order valence-corrected chi connectivity index (χ1v) is 8.76. The molecule has 1 unspecified atom stereocenters. The first-order chi connectivity index (χ1) is 12.4. The van der Waals surface area contributed by atoms with E-state index in [-0.39, 0.29) is 17.8 Å². The van der Waals surface area contributed by atoms with Crippen LogP contribution in [-0.2, 0) is 11.2 Å². The van der Waals surface area contributed by atoms with E-state index in [9.17, 15) is 14.0 Å². The minimum absolute atomic E-state index is 0.0267. The van der Waals surface area contributed by atoms with E-state index >= 15 is 0 Å². The van der Waals surface area contributed by atoms with E-state index in [1.54, 1.807) is 13.0 Å². The minimum Gasteiger partial charge on any atom is -0.487 e. The Labute approximate surface area is 152 Å². The third-order valence-electron chi connectivity index (χ3n) is 4.55. The van der Waals surface area contributed by atoms with E-state index in [0.29, 0.717) is 41.8 Å². The van der Waals surface area contributed by atoms with Crippen molar-refractivity contribution >= 4 is 11.7 Å². The summed E-state index contributed by atoms with van der Waals surface area (Å²) in [6.45, 7) is 5.62. The van der Waals surface area contributed by atoms with E-state index < -0.39 is 5.82 Å². The van der Waals surface area contributed by atoms with Gasteiger partial charge < -0.3 is 10.1 Å². The molecule has 1 amide bonds. The molecule has 3 rings (SSSR count). The van der Waals surface area contributed by atoms with Gasteiger partial charge in [0, 0.05) is 29.5 Å². The second-order valence-electron chi connectivity index (χ2n) is 6.65. The van der Waals surface area contributed by atoms with Crippen LogP contribution < -0.4 is 10.1 Å². The van der Waals surface area contributed by atoms with Gasteiger partial charge in [0.05, 0.1) is 6.54 Å². The molecule has 2 aromatic rings. The van der Waals surface area contributed by atoms with Crippen LogP contribution in [0.15, 0.2) is 30.3 Å². The molecule has 1 heterocycles. The van der Waals surface area contributed by atoms with Crippen molar-refractivity contribution in [2.24, 2.45) is 0 Å². The standard InChI is InChI=1S/C21H22FNO3/c1-4-20(25)23-11-16-9-15-7-12(2)8-18(21(15)26-16)17-10-14(13(3)24)5-6-19(17)22/h5-8,10,16H,4,9,11H2,1-3H3,(H,23,25). The number of hydrogen-bond acceptors (Lipinski definition) is 3. The van der Waals surface area contributed by atoms with Crippen LogP contribution in [0.3, 0.4) is 0 Å². The van der Waals surface area contributed by atoms with E-state index in [2.05, 4.69) is 5.32 Å². The average molecular weight is 355 g/mol. The van der Waals surface area contributed by atoms with Gasteiger partial charge in [-0.15, -0.1) is 0 Å². The summed E-state index contributed by atoms with van der Waals surface area (Å²) >= 11 is 0. The van der Waals surface area contributed by atoms with Crippen LogP contribution in [0, 0.1) is 12.7 Å². The SMILES string of the molecule is CCC(=O)NCC1Cc2cc(C)cc(-c3cc(C(C)=O)ccc3F)c2O1. The Morgan fingerprint density at radius 3 is 2.69 bits per heavy atom. The van der Waals surface area contributed by atoms with Crippen LogP contribution in [0.4, 0.5) is 4.39 Å². The smallest absolute Gasteiger partial charge is 0.219 e. The predicted molar refractivity (Wildman–Crippen MR) is 98.0 cm³/mol. The van der Waals surface area contributed by atoms with Gasteiger partial charge in [-0.3, -0.25) is 9.59 Å². The van der Waals surface area contributed by atoms with Crippen LogP contribution in [0.25, 0.3) is 11.1 Å². The van der Waals surface area contributed by atoms with Crippen LogP contribution in [-0.4, -0.2) is 24.3 Å². The fraction of sp³-hybridized carbons (Fsp3) is 0.333. The Bertz CT molecular complexity index is 876. The Morgan fingerprint density at radius 1 is 1.23 bits per heavy atom. The zero-order chi connectivity index (χ0) is 18.8. The number of nitrogens with one attached hydrogen (secondary N) is 1. The molecule has 4 nitrogen and oxygen atoms in total. The fourth-order valence-corrected chi connectivity index (χ4v) is 3.21. The average Bonchev–Trinajstić information content (AvgIpc) is 3.01. The molecule has 1 aliphatic heterocycles. The number of ether oxygens (including phenoxy) is 1. The van der Waals surface area contributed by atoms with Gasteiger partial charge in [-0.25, -0.2) is 4.39 Å². The van der Waals surface area contributed by atoms with Crippen LogP contribution in [0.5, 0.6) is 5.75 Å². The van der Waals surface area contributed by atoms with E-state index in [1.165, 1.54) is 19.1 Å². The molecule has 0 saturated carbocycles. The van der Waals surface area contributed by atoms with Crippen molar-refractivity contribution < 1.29 is 18.7 Å². The molecule has 0 aliphatic carbocycles. The van der Waals surface area contributed by atoms with Crippen molar-refractivity contribution in [3.8, 4) is 16.9 Å². The maximum atomic E-state index is 14.5. The van der Waals surface area contributed by atoms with E-state index in [1.807, 2.05) is 19.1 Å². The third-order valence-corrected chi connectivity index (χ3v) is 4.55. The molecule has 0 saturated heterocycles. The number of carbonyl (C=O) groups excluding carboxylic acids is 2.